The third-order valence-electron chi connectivity index (χ3n) is 2.52. The van der Waals surface area contributed by atoms with E-state index >= 15 is 0 Å². The first kappa shape index (κ1) is 15.7. The zero-order valence-corrected chi connectivity index (χ0v) is 12.1. The summed E-state index contributed by atoms with van der Waals surface area (Å²) in [6.07, 6.45) is -1.88. The molecule has 0 aliphatic carbocycles. The maximum Gasteiger partial charge on any atom is 0.417 e. The van der Waals surface area contributed by atoms with E-state index in [9.17, 15) is 13.2 Å². The molecular formula is C12H9Cl2F3N4. The number of aromatic nitrogens is 2. The van der Waals surface area contributed by atoms with Crippen LogP contribution in [0.15, 0.2) is 23.4 Å². The van der Waals surface area contributed by atoms with Gasteiger partial charge in [-0.15, -0.1) is 0 Å². The van der Waals surface area contributed by atoms with E-state index in [0.29, 0.717) is 5.69 Å². The molecule has 21 heavy (non-hydrogen) atoms. The van der Waals surface area contributed by atoms with Gasteiger partial charge in [-0.05, 0) is 24.6 Å². The van der Waals surface area contributed by atoms with E-state index in [2.05, 4.69) is 10.1 Å². The highest BCUT2D eigenvalue weighted by atomic mass is 35.5. The number of aryl methyl sites for hydroxylation is 1. The van der Waals surface area contributed by atoms with Crippen LogP contribution in [0.4, 0.5) is 19.1 Å². The van der Waals surface area contributed by atoms with Crippen LogP contribution < -0.4 is 5.73 Å². The van der Waals surface area contributed by atoms with Gasteiger partial charge in [0.25, 0.3) is 0 Å². The molecule has 0 radical (unpaired) electrons. The first-order chi connectivity index (χ1) is 9.68. The summed E-state index contributed by atoms with van der Waals surface area (Å²) in [5.74, 6) is 0.125. The first-order valence-corrected chi connectivity index (χ1v) is 6.36. The Morgan fingerprint density at radius 1 is 1.33 bits per heavy atom. The number of imidazole rings is 1. The zero-order valence-electron chi connectivity index (χ0n) is 10.6. The number of anilines is 1. The topological polar surface area (TPSA) is 56.2 Å². The van der Waals surface area contributed by atoms with Crippen molar-refractivity contribution < 1.29 is 13.2 Å². The summed E-state index contributed by atoms with van der Waals surface area (Å²) in [6.45, 7) is 1.71. The van der Waals surface area contributed by atoms with Crippen LogP contribution in [0.3, 0.4) is 0 Å². The molecule has 0 atom stereocenters. The van der Waals surface area contributed by atoms with Gasteiger partial charge in [0.05, 0.1) is 33.7 Å². The van der Waals surface area contributed by atoms with Gasteiger partial charge in [-0.3, -0.25) is 0 Å². The minimum atomic E-state index is -4.60. The zero-order chi connectivity index (χ0) is 15.8. The molecular weight excluding hydrogens is 328 g/mol. The van der Waals surface area contributed by atoms with E-state index in [4.69, 9.17) is 28.9 Å². The van der Waals surface area contributed by atoms with Crippen LogP contribution in [-0.4, -0.2) is 15.9 Å². The molecule has 0 amide bonds. The van der Waals surface area contributed by atoms with Gasteiger partial charge in [0, 0.05) is 0 Å². The molecule has 1 aromatic carbocycles. The summed E-state index contributed by atoms with van der Waals surface area (Å²) < 4.78 is 39.7. The van der Waals surface area contributed by atoms with Crippen LogP contribution >= 0.6 is 23.2 Å². The van der Waals surface area contributed by atoms with Gasteiger partial charge in [-0.2, -0.15) is 18.3 Å². The summed E-state index contributed by atoms with van der Waals surface area (Å²) >= 11 is 11.3. The highest BCUT2D eigenvalue weighted by Crippen LogP contribution is 2.38. The summed E-state index contributed by atoms with van der Waals surface area (Å²) in [5, 5.41) is 3.18. The number of hydrogen-bond acceptors (Lipinski definition) is 3. The van der Waals surface area contributed by atoms with Crippen molar-refractivity contribution in [1.82, 2.24) is 9.66 Å². The number of benzene rings is 1. The number of alkyl halides is 3. The van der Waals surface area contributed by atoms with Crippen LogP contribution in [0.25, 0.3) is 0 Å². The molecule has 1 heterocycles. The van der Waals surface area contributed by atoms with Crippen molar-refractivity contribution >= 4 is 35.4 Å². The van der Waals surface area contributed by atoms with Crippen molar-refractivity contribution in [2.45, 2.75) is 13.1 Å². The molecule has 1 aromatic heterocycles. The van der Waals surface area contributed by atoms with Crippen molar-refractivity contribution in [3.63, 3.8) is 0 Å². The minimum Gasteiger partial charge on any atom is -0.368 e. The summed E-state index contributed by atoms with van der Waals surface area (Å²) in [4.78, 5) is 3.91. The van der Waals surface area contributed by atoms with Crippen LogP contribution in [0, 0.1) is 6.92 Å². The average molecular weight is 337 g/mol. The highest BCUT2D eigenvalue weighted by molar-refractivity contribution is 6.42. The van der Waals surface area contributed by atoms with Crippen molar-refractivity contribution in [3.05, 3.63) is 45.2 Å². The van der Waals surface area contributed by atoms with Crippen molar-refractivity contribution in [2.75, 3.05) is 5.73 Å². The summed E-state index contributed by atoms with van der Waals surface area (Å²) in [6, 6.07) is 2.14. The van der Waals surface area contributed by atoms with Crippen LogP contribution in [-0.2, 0) is 6.18 Å². The molecule has 2 aromatic rings. The molecule has 0 bridgehead atoms. The smallest absolute Gasteiger partial charge is 0.368 e. The Hall–Kier alpha value is -1.73. The molecule has 0 aliphatic rings. The van der Waals surface area contributed by atoms with Gasteiger partial charge in [-0.1, -0.05) is 23.2 Å². The molecule has 0 spiro atoms. The number of hydrogen-bond donors (Lipinski definition) is 1. The second kappa shape index (κ2) is 5.57. The quantitative estimate of drug-likeness (QED) is 0.843. The number of nitrogens with zero attached hydrogens (tertiary/aromatic N) is 3. The number of nitrogens with two attached hydrogens (primary N) is 1. The largest absolute Gasteiger partial charge is 0.417 e. The second-order valence-electron chi connectivity index (χ2n) is 4.19. The van der Waals surface area contributed by atoms with E-state index in [1.165, 1.54) is 23.2 Å². The number of nitrogen functional groups attached to an aromatic ring is 1. The fourth-order valence-corrected chi connectivity index (χ4v) is 2.06. The SMILES string of the molecule is Cc1cn(N=Cc2cc(Cl)c(Cl)c(C(F)(F)F)c2)c(N)n1. The number of halogens is 5. The van der Waals surface area contributed by atoms with Gasteiger partial charge < -0.3 is 5.73 Å². The van der Waals surface area contributed by atoms with Gasteiger partial charge in [0.2, 0.25) is 5.95 Å². The van der Waals surface area contributed by atoms with Crippen molar-refractivity contribution in [2.24, 2.45) is 5.10 Å². The highest BCUT2D eigenvalue weighted by Gasteiger charge is 2.34. The normalized spacial score (nSPS) is 12.3. The standard InChI is InChI=1S/C12H9Cl2F3N4/c1-6-5-21(11(18)20-6)19-4-7-2-8(12(15,16)17)10(14)9(13)3-7/h2-5H,1H3,(H2,18,20). The lowest BCUT2D eigenvalue weighted by Gasteiger charge is -2.10. The van der Waals surface area contributed by atoms with E-state index in [-0.39, 0.29) is 16.5 Å². The summed E-state index contributed by atoms with van der Waals surface area (Å²) in [7, 11) is 0. The lowest BCUT2D eigenvalue weighted by molar-refractivity contribution is -0.137. The number of rotatable bonds is 2. The Labute approximate surface area is 128 Å². The Kier molecular flexibility index (Phi) is 4.15. The Balaban J connectivity index is 2.41. The Morgan fingerprint density at radius 2 is 2.00 bits per heavy atom. The van der Waals surface area contributed by atoms with E-state index < -0.39 is 16.8 Å². The Bertz CT molecular complexity index is 707. The third-order valence-corrected chi connectivity index (χ3v) is 3.32. The molecule has 2 rings (SSSR count). The lowest BCUT2D eigenvalue weighted by Crippen LogP contribution is -2.07. The van der Waals surface area contributed by atoms with E-state index in [0.717, 1.165) is 6.07 Å². The molecule has 9 heteroatoms. The van der Waals surface area contributed by atoms with Crippen molar-refractivity contribution in [1.29, 1.82) is 0 Å². The van der Waals surface area contributed by atoms with Crippen LogP contribution in [0.5, 0.6) is 0 Å². The predicted octanol–water partition coefficient (Wildman–Crippen LogP) is 3.98. The molecule has 4 nitrogen and oxygen atoms in total. The van der Waals surface area contributed by atoms with Crippen LogP contribution in [0.2, 0.25) is 10.0 Å². The van der Waals surface area contributed by atoms with E-state index in [1.807, 2.05) is 0 Å². The maximum atomic E-state index is 12.8. The molecule has 2 N–H and O–H groups in total. The molecule has 0 saturated carbocycles. The van der Waals surface area contributed by atoms with Gasteiger partial charge in [-0.25, -0.2) is 9.66 Å². The maximum absolute atomic E-state index is 12.8. The average Bonchev–Trinajstić information content (AvgIpc) is 2.67. The lowest BCUT2D eigenvalue weighted by atomic mass is 10.1. The second-order valence-corrected chi connectivity index (χ2v) is 4.98. The molecule has 112 valence electrons. The first-order valence-electron chi connectivity index (χ1n) is 5.60. The van der Waals surface area contributed by atoms with Gasteiger partial charge in [0.1, 0.15) is 0 Å². The molecule has 0 saturated heterocycles. The fourth-order valence-electron chi connectivity index (χ4n) is 1.62. The van der Waals surface area contributed by atoms with Gasteiger partial charge >= 0.3 is 6.18 Å². The molecule has 0 unspecified atom stereocenters. The van der Waals surface area contributed by atoms with Crippen molar-refractivity contribution in [3.8, 4) is 0 Å². The minimum absolute atomic E-state index is 0.125. The molecule has 0 fully saturated rings. The monoisotopic (exact) mass is 336 g/mol. The fraction of sp³-hybridized carbons (Fsp3) is 0.167. The molecule has 0 aliphatic heterocycles. The predicted molar refractivity (Wildman–Crippen MR) is 75.8 cm³/mol. The Morgan fingerprint density at radius 3 is 2.52 bits per heavy atom. The van der Waals surface area contributed by atoms with E-state index in [1.54, 1.807) is 6.92 Å². The van der Waals surface area contributed by atoms with Gasteiger partial charge in [0.15, 0.2) is 0 Å². The summed E-state index contributed by atoms with van der Waals surface area (Å²) in [5.41, 5.74) is 5.32. The van der Waals surface area contributed by atoms with Crippen LogP contribution in [0.1, 0.15) is 16.8 Å². The third kappa shape index (κ3) is 3.48.